The van der Waals surface area contributed by atoms with Crippen molar-refractivity contribution in [2.75, 3.05) is 19.6 Å². The van der Waals surface area contributed by atoms with Gasteiger partial charge >= 0.3 is 0 Å². The van der Waals surface area contributed by atoms with Crippen LogP contribution in [0.2, 0.25) is 0 Å². The maximum atomic E-state index is 13.3. The van der Waals surface area contributed by atoms with Crippen molar-refractivity contribution in [2.24, 2.45) is 11.8 Å². The Morgan fingerprint density at radius 1 is 1.03 bits per heavy atom. The second-order valence-corrected chi connectivity index (χ2v) is 10.3. The van der Waals surface area contributed by atoms with Crippen molar-refractivity contribution < 1.29 is 9.72 Å². The van der Waals surface area contributed by atoms with Gasteiger partial charge in [-0.2, -0.15) is 0 Å². The molecule has 0 radical (unpaired) electrons. The highest BCUT2D eigenvalue weighted by atomic mass is 16.6. The first-order valence-corrected chi connectivity index (χ1v) is 12.7. The molecule has 34 heavy (non-hydrogen) atoms. The van der Waals surface area contributed by atoms with Gasteiger partial charge in [0.1, 0.15) is 0 Å². The molecule has 2 aromatic carbocycles. The van der Waals surface area contributed by atoms with Crippen LogP contribution in [-0.4, -0.2) is 46.3 Å². The molecule has 6 heteroatoms. The smallest absolute Gasteiger partial charge is 0.273 e. The van der Waals surface area contributed by atoms with Gasteiger partial charge in [0.15, 0.2) is 0 Å². The summed E-state index contributed by atoms with van der Waals surface area (Å²) >= 11 is 0. The van der Waals surface area contributed by atoms with E-state index in [1.165, 1.54) is 24.8 Å². The molecule has 1 aliphatic heterocycles. The van der Waals surface area contributed by atoms with E-state index in [-0.39, 0.29) is 22.4 Å². The first kappa shape index (κ1) is 24.4. The summed E-state index contributed by atoms with van der Waals surface area (Å²) in [7, 11) is 0. The molecule has 4 rings (SSSR count). The fourth-order valence-electron chi connectivity index (χ4n) is 5.81. The van der Waals surface area contributed by atoms with E-state index in [9.17, 15) is 14.9 Å². The Morgan fingerprint density at radius 3 is 2.38 bits per heavy atom. The number of amides is 1. The second kappa shape index (κ2) is 11.1. The van der Waals surface area contributed by atoms with Gasteiger partial charge in [0.05, 0.1) is 4.92 Å². The number of hydrogen-bond acceptors (Lipinski definition) is 4. The molecule has 1 aliphatic carbocycles. The molecular weight excluding hydrogens is 426 g/mol. The van der Waals surface area contributed by atoms with Crippen LogP contribution in [-0.2, 0) is 11.3 Å². The van der Waals surface area contributed by atoms with Crippen LogP contribution in [0.4, 0.5) is 5.69 Å². The maximum Gasteiger partial charge on any atom is 0.273 e. The van der Waals surface area contributed by atoms with Crippen molar-refractivity contribution in [3.63, 3.8) is 0 Å². The average Bonchev–Trinajstić information content (AvgIpc) is 3.25. The zero-order chi connectivity index (χ0) is 24.1. The number of likely N-dealkylation sites (tertiary alicyclic amines) is 1. The molecule has 2 atom stereocenters. The lowest BCUT2D eigenvalue weighted by Gasteiger charge is -2.38. The molecule has 6 nitrogen and oxygen atoms in total. The number of nitro groups is 1. The van der Waals surface area contributed by atoms with Crippen molar-refractivity contribution in [3.05, 3.63) is 75.8 Å². The Bertz CT molecular complexity index is 972. The highest BCUT2D eigenvalue weighted by Gasteiger charge is 2.38. The van der Waals surface area contributed by atoms with E-state index in [2.05, 4.69) is 34.1 Å². The molecule has 0 bridgehead atoms. The van der Waals surface area contributed by atoms with Crippen molar-refractivity contribution in [1.82, 2.24) is 9.80 Å². The summed E-state index contributed by atoms with van der Waals surface area (Å²) < 4.78 is 0. The molecule has 1 saturated heterocycles. The predicted octanol–water partition coefficient (Wildman–Crippen LogP) is 5.63. The van der Waals surface area contributed by atoms with Crippen molar-refractivity contribution >= 4 is 11.6 Å². The van der Waals surface area contributed by atoms with Crippen LogP contribution in [0.25, 0.3) is 0 Å². The molecule has 182 valence electrons. The fraction of sp³-hybridized carbons (Fsp3) is 0.536. The van der Waals surface area contributed by atoms with Crippen LogP contribution in [0.3, 0.4) is 0 Å². The number of carbonyl (C=O) groups is 1. The van der Waals surface area contributed by atoms with E-state index in [4.69, 9.17) is 0 Å². The van der Waals surface area contributed by atoms with E-state index < -0.39 is 0 Å². The van der Waals surface area contributed by atoms with Gasteiger partial charge < -0.3 is 4.90 Å². The van der Waals surface area contributed by atoms with Crippen LogP contribution in [0.5, 0.6) is 0 Å². The Morgan fingerprint density at radius 2 is 1.71 bits per heavy atom. The second-order valence-electron chi connectivity index (χ2n) is 10.3. The van der Waals surface area contributed by atoms with Gasteiger partial charge in [-0.25, -0.2) is 0 Å². The van der Waals surface area contributed by atoms with E-state index in [1.807, 2.05) is 32.0 Å². The molecule has 0 spiro atoms. The molecule has 0 unspecified atom stereocenters. The first-order chi connectivity index (χ1) is 16.4. The Hall–Kier alpha value is -2.73. The van der Waals surface area contributed by atoms with E-state index in [1.54, 1.807) is 12.1 Å². The highest BCUT2D eigenvalue weighted by Crippen LogP contribution is 2.36. The van der Waals surface area contributed by atoms with Gasteiger partial charge in [-0.1, -0.05) is 81.6 Å². The molecule has 1 saturated carbocycles. The van der Waals surface area contributed by atoms with E-state index >= 15 is 0 Å². The summed E-state index contributed by atoms with van der Waals surface area (Å²) in [5, 5.41) is 11.5. The number of benzene rings is 2. The van der Waals surface area contributed by atoms with Crippen LogP contribution >= 0.6 is 0 Å². The lowest BCUT2D eigenvalue weighted by atomic mass is 9.86. The lowest BCUT2D eigenvalue weighted by molar-refractivity contribution is -0.385. The Balaban J connectivity index is 1.58. The first-order valence-electron chi connectivity index (χ1n) is 12.7. The molecule has 2 aliphatic rings. The minimum atomic E-state index is -0.288. The predicted molar refractivity (Wildman–Crippen MR) is 134 cm³/mol. The summed E-state index contributed by atoms with van der Waals surface area (Å²) in [5.74, 6) is 0.849. The summed E-state index contributed by atoms with van der Waals surface area (Å²) in [5.41, 5.74) is 2.22. The van der Waals surface area contributed by atoms with Gasteiger partial charge in [-0.05, 0) is 24.3 Å². The number of nitro benzene ring substituents is 1. The molecular formula is C28H37N3O3. The van der Waals surface area contributed by atoms with Crippen LogP contribution < -0.4 is 0 Å². The quantitative estimate of drug-likeness (QED) is 0.376. The monoisotopic (exact) mass is 463 g/mol. The van der Waals surface area contributed by atoms with Gasteiger partial charge in [0.2, 0.25) is 5.91 Å². The van der Waals surface area contributed by atoms with Gasteiger partial charge in [-0.15, -0.1) is 0 Å². The summed E-state index contributed by atoms with van der Waals surface area (Å²) in [6.45, 7) is 6.99. The summed E-state index contributed by atoms with van der Waals surface area (Å²) in [4.78, 5) is 29.1. The molecule has 1 amide bonds. The number of hydrogen-bond donors (Lipinski definition) is 0. The molecule has 0 aromatic heterocycles. The van der Waals surface area contributed by atoms with Gasteiger partial charge in [0.25, 0.3) is 5.69 Å². The standard InChI is InChI=1S/C28H37N3O3/c1-21(2)28(32)30(25-14-7-4-8-15-25)19-24-18-29(20-26(24)22-11-5-3-6-12-22)17-23-13-9-10-16-27(23)31(33)34/h3,5-6,9-13,16,21,24-26H,4,7-8,14-15,17-20H2,1-2H3/t24-,26+/m0/s1. The Kier molecular flexibility index (Phi) is 7.99. The number of nitrogens with zero attached hydrogens (tertiary/aromatic N) is 3. The Labute approximate surface area is 203 Å². The molecule has 0 N–H and O–H groups in total. The zero-order valence-corrected chi connectivity index (χ0v) is 20.4. The topological polar surface area (TPSA) is 66.7 Å². The summed E-state index contributed by atoms with van der Waals surface area (Å²) in [6.07, 6.45) is 5.86. The van der Waals surface area contributed by atoms with Crippen LogP contribution in [0.15, 0.2) is 54.6 Å². The van der Waals surface area contributed by atoms with E-state index in [0.717, 1.165) is 38.0 Å². The third kappa shape index (κ3) is 5.66. The number of carbonyl (C=O) groups excluding carboxylic acids is 1. The third-order valence-electron chi connectivity index (χ3n) is 7.55. The van der Waals surface area contributed by atoms with Crippen molar-refractivity contribution in [3.8, 4) is 0 Å². The molecule has 2 aromatic rings. The van der Waals surface area contributed by atoms with Crippen molar-refractivity contribution in [1.29, 1.82) is 0 Å². The fourth-order valence-corrected chi connectivity index (χ4v) is 5.81. The SMILES string of the molecule is CC(C)C(=O)N(C[C@@H]1CN(Cc2ccccc2[N+](=O)[O-])C[C@@H]1c1ccccc1)C1CCCCC1. The minimum Gasteiger partial charge on any atom is -0.339 e. The highest BCUT2D eigenvalue weighted by molar-refractivity contribution is 5.78. The normalized spacial score (nSPS) is 21.6. The maximum absolute atomic E-state index is 13.3. The number of rotatable bonds is 8. The van der Waals surface area contributed by atoms with Gasteiger partial charge in [0, 0.05) is 55.7 Å². The third-order valence-corrected chi connectivity index (χ3v) is 7.55. The van der Waals surface area contributed by atoms with Crippen LogP contribution in [0.1, 0.15) is 63.0 Å². The number of para-hydroxylation sites is 1. The molecule has 2 fully saturated rings. The van der Waals surface area contributed by atoms with E-state index in [0.29, 0.717) is 24.4 Å². The summed E-state index contributed by atoms with van der Waals surface area (Å²) in [6, 6.07) is 17.9. The van der Waals surface area contributed by atoms with Crippen LogP contribution in [0, 0.1) is 22.0 Å². The van der Waals surface area contributed by atoms with Gasteiger partial charge in [-0.3, -0.25) is 19.8 Å². The average molecular weight is 464 g/mol. The largest absolute Gasteiger partial charge is 0.339 e. The minimum absolute atomic E-state index is 0.0124. The van der Waals surface area contributed by atoms with Crippen molar-refractivity contribution in [2.45, 2.75) is 64.5 Å². The lowest BCUT2D eigenvalue weighted by Crippen LogP contribution is -2.47. The zero-order valence-electron chi connectivity index (χ0n) is 20.4. The molecule has 1 heterocycles.